The zero-order chi connectivity index (χ0) is 23.3. The first-order valence-electron chi connectivity index (χ1n) is 11.4. The molecule has 0 spiro atoms. The second kappa shape index (κ2) is 9.74. The number of nitrogens with zero attached hydrogens (tertiary/aromatic N) is 5. The van der Waals surface area contributed by atoms with E-state index < -0.39 is 0 Å². The molecule has 0 fully saturated rings. The average Bonchev–Trinajstić information content (AvgIpc) is 3.46. The fraction of sp³-hybridized carbons (Fsp3) is 0.231. The minimum Gasteiger partial charge on any atom is -0.496 e. The largest absolute Gasteiger partial charge is 0.496 e. The van der Waals surface area contributed by atoms with Crippen LogP contribution in [-0.4, -0.2) is 43.9 Å². The van der Waals surface area contributed by atoms with Gasteiger partial charge in [-0.2, -0.15) is 5.10 Å². The van der Waals surface area contributed by atoms with Gasteiger partial charge in [0.2, 0.25) is 0 Å². The molecule has 0 aliphatic heterocycles. The maximum Gasteiger partial charge on any atom is 0.272 e. The van der Waals surface area contributed by atoms with Gasteiger partial charge in [0, 0.05) is 31.1 Å². The number of carbonyl (C=O) groups excluding carboxylic acids is 1. The van der Waals surface area contributed by atoms with E-state index in [0.29, 0.717) is 25.2 Å². The Morgan fingerprint density at radius 3 is 2.71 bits per heavy atom. The van der Waals surface area contributed by atoms with Gasteiger partial charge >= 0.3 is 0 Å². The fourth-order valence-corrected chi connectivity index (χ4v) is 4.23. The third-order valence-corrected chi connectivity index (χ3v) is 5.90. The van der Waals surface area contributed by atoms with Crippen molar-refractivity contribution in [2.45, 2.75) is 25.8 Å². The molecular weight excluding hydrogens is 428 g/mol. The van der Waals surface area contributed by atoms with Crippen molar-refractivity contribution >= 4 is 22.5 Å². The van der Waals surface area contributed by atoms with Gasteiger partial charge in [0.15, 0.2) is 11.3 Å². The summed E-state index contributed by atoms with van der Waals surface area (Å²) in [6, 6.07) is 21.7. The predicted molar refractivity (Wildman–Crippen MR) is 130 cm³/mol. The van der Waals surface area contributed by atoms with E-state index in [1.54, 1.807) is 7.11 Å². The topological polar surface area (TPSA) is 86.3 Å². The van der Waals surface area contributed by atoms with Crippen LogP contribution >= 0.6 is 0 Å². The summed E-state index contributed by atoms with van der Waals surface area (Å²) in [5.74, 6) is 1.52. The highest BCUT2D eigenvalue weighted by molar-refractivity contribution is 6.04. The molecule has 1 N–H and O–H groups in total. The number of pyridine rings is 1. The monoisotopic (exact) mass is 454 g/mol. The van der Waals surface area contributed by atoms with Crippen LogP contribution in [0, 0.1) is 0 Å². The highest BCUT2D eigenvalue weighted by atomic mass is 16.5. The molecule has 5 rings (SSSR count). The van der Waals surface area contributed by atoms with E-state index in [1.165, 1.54) is 5.56 Å². The summed E-state index contributed by atoms with van der Waals surface area (Å²) in [5, 5.41) is 16.9. The zero-order valence-corrected chi connectivity index (χ0v) is 19.0. The van der Waals surface area contributed by atoms with Gasteiger partial charge in [0.1, 0.15) is 11.6 Å². The van der Waals surface area contributed by atoms with Crippen molar-refractivity contribution in [2.75, 3.05) is 13.7 Å². The predicted octanol–water partition coefficient (Wildman–Crippen LogP) is 3.69. The zero-order valence-electron chi connectivity index (χ0n) is 19.0. The Hall–Kier alpha value is -4.20. The summed E-state index contributed by atoms with van der Waals surface area (Å²) in [7, 11) is 1.69. The van der Waals surface area contributed by atoms with Crippen molar-refractivity contribution in [3.05, 3.63) is 90.0 Å². The number of carbonyl (C=O) groups is 1. The maximum absolute atomic E-state index is 13.0. The van der Waals surface area contributed by atoms with E-state index >= 15 is 0 Å². The quantitative estimate of drug-likeness (QED) is 0.367. The Labute approximate surface area is 197 Å². The lowest BCUT2D eigenvalue weighted by Crippen LogP contribution is -2.27. The molecule has 0 unspecified atom stereocenters. The Kier molecular flexibility index (Phi) is 6.20. The third-order valence-electron chi connectivity index (χ3n) is 5.90. The number of fused-ring (bicyclic) bond motifs is 2. The van der Waals surface area contributed by atoms with Gasteiger partial charge in [-0.05, 0) is 42.7 Å². The van der Waals surface area contributed by atoms with Crippen molar-refractivity contribution in [1.82, 2.24) is 29.7 Å². The first-order chi connectivity index (χ1) is 16.7. The van der Waals surface area contributed by atoms with E-state index in [9.17, 15) is 4.79 Å². The summed E-state index contributed by atoms with van der Waals surface area (Å²) in [6.07, 6.45) is 4.25. The number of ether oxygens (including phenoxy) is 1. The van der Waals surface area contributed by atoms with Crippen molar-refractivity contribution < 1.29 is 9.53 Å². The minimum atomic E-state index is -0.187. The SMILES string of the molecule is COc1ccccc1CCCn1nc(C(=O)NCCc2nnc3ccccn23)c2ccccc21. The van der Waals surface area contributed by atoms with Crippen molar-refractivity contribution in [1.29, 1.82) is 0 Å². The molecule has 172 valence electrons. The third kappa shape index (κ3) is 4.34. The van der Waals surface area contributed by atoms with Gasteiger partial charge in [-0.1, -0.05) is 42.5 Å². The standard InChI is InChI=1S/C26H26N6O2/c1-34-22-13-5-2-9-19(22)10-8-18-32-21-12-4-3-11-20(21)25(30-32)26(33)27-16-15-24-29-28-23-14-6-7-17-31(23)24/h2-7,9,11-14,17H,8,10,15-16,18H2,1H3,(H,27,33). The first-order valence-corrected chi connectivity index (χ1v) is 11.4. The molecule has 0 aliphatic rings. The number of rotatable bonds is 9. The van der Waals surface area contributed by atoms with Gasteiger partial charge in [0.25, 0.3) is 5.91 Å². The number of aromatic nitrogens is 5. The molecule has 34 heavy (non-hydrogen) atoms. The van der Waals surface area contributed by atoms with E-state index in [1.807, 2.05) is 75.9 Å². The summed E-state index contributed by atoms with van der Waals surface area (Å²) >= 11 is 0. The van der Waals surface area contributed by atoms with Crippen LogP contribution in [0.1, 0.15) is 28.3 Å². The van der Waals surface area contributed by atoms with Crippen LogP contribution in [-0.2, 0) is 19.4 Å². The number of hydrogen-bond donors (Lipinski definition) is 1. The molecule has 5 aromatic rings. The maximum atomic E-state index is 13.0. The van der Waals surface area contributed by atoms with Crippen LogP contribution in [0.3, 0.4) is 0 Å². The molecular formula is C26H26N6O2. The van der Waals surface area contributed by atoms with Gasteiger partial charge in [-0.3, -0.25) is 13.9 Å². The normalized spacial score (nSPS) is 11.2. The van der Waals surface area contributed by atoms with Crippen molar-refractivity contribution in [3.8, 4) is 5.75 Å². The Morgan fingerprint density at radius 2 is 1.79 bits per heavy atom. The van der Waals surface area contributed by atoms with Gasteiger partial charge in [-0.15, -0.1) is 10.2 Å². The Bertz CT molecular complexity index is 1440. The molecule has 0 saturated carbocycles. The molecule has 2 aromatic carbocycles. The van der Waals surface area contributed by atoms with Crippen LogP contribution in [0.2, 0.25) is 0 Å². The van der Waals surface area contributed by atoms with Crippen LogP contribution in [0.5, 0.6) is 5.75 Å². The summed E-state index contributed by atoms with van der Waals surface area (Å²) < 4.78 is 9.31. The van der Waals surface area contributed by atoms with Gasteiger partial charge in [-0.25, -0.2) is 0 Å². The molecule has 1 amide bonds. The van der Waals surface area contributed by atoms with Crippen molar-refractivity contribution in [2.24, 2.45) is 0 Å². The summed E-state index contributed by atoms with van der Waals surface area (Å²) in [4.78, 5) is 13.0. The number of nitrogens with one attached hydrogen (secondary N) is 1. The molecule has 0 atom stereocenters. The van der Waals surface area contributed by atoms with E-state index in [2.05, 4.69) is 26.7 Å². The highest BCUT2D eigenvalue weighted by Gasteiger charge is 2.17. The van der Waals surface area contributed by atoms with Crippen LogP contribution in [0.4, 0.5) is 0 Å². The highest BCUT2D eigenvalue weighted by Crippen LogP contribution is 2.21. The van der Waals surface area contributed by atoms with E-state index in [4.69, 9.17) is 4.74 Å². The number of aryl methyl sites for hydroxylation is 2. The Morgan fingerprint density at radius 1 is 0.971 bits per heavy atom. The average molecular weight is 455 g/mol. The van der Waals surface area contributed by atoms with Gasteiger partial charge in [0.05, 0.1) is 12.6 Å². The lowest BCUT2D eigenvalue weighted by atomic mass is 10.1. The van der Waals surface area contributed by atoms with Crippen LogP contribution < -0.4 is 10.1 Å². The molecule has 8 nitrogen and oxygen atoms in total. The molecule has 3 aromatic heterocycles. The molecule has 0 saturated heterocycles. The van der Waals surface area contributed by atoms with E-state index in [-0.39, 0.29) is 5.91 Å². The number of hydrogen-bond acceptors (Lipinski definition) is 5. The number of amides is 1. The smallest absolute Gasteiger partial charge is 0.272 e. The second-order valence-corrected chi connectivity index (χ2v) is 8.06. The lowest BCUT2D eigenvalue weighted by Gasteiger charge is -2.08. The van der Waals surface area contributed by atoms with Crippen LogP contribution in [0.15, 0.2) is 72.9 Å². The number of benzene rings is 2. The fourth-order valence-electron chi connectivity index (χ4n) is 4.23. The van der Waals surface area contributed by atoms with E-state index in [0.717, 1.165) is 41.0 Å². The Balaban J connectivity index is 1.26. The number of para-hydroxylation sites is 2. The van der Waals surface area contributed by atoms with Crippen molar-refractivity contribution in [3.63, 3.8) is 0 Å². The minimum absolute atomic E-state index is 0.187. The molecule has 0 bridgehead atoms. The molecule has 3 heterocycles. The molecule has 0 aliphatic carbocycles. The molecule has 8 heteroatoms. The summed E-state index contributed by atoms with van der Waals surface area (Å²) in [5.41, 5.74) is 3.36. The second-order valence-electron chi connectivity index (χ2n) is 8.06. The van der Waals surface area contributed by atoms with Crippen LogP contribution in [0.25, 0.3) is 16.6 Å². The number of methoxy groups -OCH3 is 1. The lowest BCUT2D eigenvalue weighted by molar-refractivity contribution is 0.0949. The first kappa shape index (κ1) is 21.6. The van der Waals surface area contributed by atoms with Gasteiger partial charge < -0.3 is 10.1 Å². The summed E-state index contributed by atoms with van der Waals surface area (Å²) in [6.45, 7) is 1.15. The molecule has 0 radical (unpaired) electrons.